The van der Waals surface area contributed by atoms with Gasteiger partial charge in [0.1, 0.15) is 6.10 Å². The number of hydrogen-bond donors (Lipinski definition) is 2. The van der Waals surface area contributed by atoms with E-state index in [1.54, 1.807) is 6.07 Å². The molecule has 2 rings (SSSR count). The molecule has 2 N–H and O–H groups in total. The maximum absolute atomic E-state index is 12.5. The predicted molar refractivity (Wildman–Crippen MR) is 91.9 cm³/mol. The summed E-state index contributed by atoms with van der Waals surface area (Å²) in [6.07, 6.45) is 4.25. The van der Waals surface area contributed by atoms with Crippen molar-refractivity contribution in [3.63, 3.8) is 0 Å². The number of rotatable bonds is 7. The molecular formula is C19H27NO4. The molecule has 2 atom stereocenters. The van der Waals surface area contributed by atoms with Gasteiger partial charge >= 0.3 is 5.97 Å². The Kier molecular flexibility index (Phi) is 6.37. The van der Waals surface area contributed by atoms with Crippen molar-refractivity contribution in [2.75, 3.05) is 0 Å². The highest BCUT2D eigenvalue weighted by atomic mass is 16.5. The average Bonchev–Trinajstić information content (AvgIpc) is 3.06. The maximum atomic E-state index is 12.5. The third-order valence-electron chi connectivity index (χ3n) is 4.81. The Bertz CT molecular complexity index is 593. The zero-order valence-corrected chi connectivity index (χ0v) is 14.7. The lowest BCUT2D eigenvalue weighted by Gasteiger charge is -2.24. The minimum Gasteiger partial charge on any atom is -0.479 e. The van der Waals surface area contributed by atoms with E-state index in [4.69, 9.17) is 4.74 Å². The second-order valence-corrected chi connectivity index (χ2v) is 6.51. The molecule has 5 nitrogen and oxygen atoms in total. The first-order chi connectivity index (χ1) is 11.4. The molecule has 24 heavy (non-hydrogen) atoms. The van der Waals surface area contributed by atoms with Gasteiger partial charge in [0.05, 0.1) is 6.10 Å². The highest BCUT2D eigenvalue weighted by molar-refractivity contribution is 5.87. The van der Waals surface area contributed by atoms with Crippen LogP contribution in [0.3, 0.4) is 0 Å². The van der Waals surface area contributed by atoms with Crippen molar-refractivity contribution >= 4 is 11.9 Å². The van der Waals surface area contributed by atoms with Crippen molar-refractivity contribution in [2.45, 2.75) is 71.1 Å². The standard InChI is InChI=1S/C19H27NO4/c1-4-16(24-14-9-5-6-10-14)18(21)20-17(19(22)23)15-11-7-8-12(2)13(15)3/h7-8,11,14,16-17H,4-6,9-10H2,1-3H3,(H,20,21)(H,22,23). The van der Waals surface area contributed by atoms with Gasteiger partial charge in [-0.2, -0.15) is 0 Å². The number of carbonyl (C=O) groups is 2. The van der Waals surface area contributed by atoms with Crippen molar-refractivity contribution in [1.29, 1.82) is 0 Å². The first-order valence-corrected chi connectivity index (χ1v) is 8.68. The fourth-order valence-electron chi connectivity index (χ4n) is 3.19. The van der Waals surface area contributed by atoms with Gasteiger partial charge in [-0.15, -0.1) is 0 Å². The van der Waals surface area contributed by atoms with Crippen LogP contribution in [-0.2, 0) is 14.3 Å². The molecular weight excluding hydrogens is 306 g/mol. The van der Waals surface area contributed by atoms with Gasteiger partial charge in [0.25, 0.3) is 0 Å². The van der Waals surface area contributed by atoms with E-state index in [9.17, 15) is 14.7 Å². The lowest BCUT2D eigenvalue weighted by Crippen LogP contribution is -2.42. The number of nitrogens with one attached hydrogen (secondary N) is 1. The van der Waals surface area contributed by atoms with E-state index >= 15 is 0 Å². The normalized spacial score (nSPS) is 17.5. The molecule has 1 fully saturated rings. The molecule has 1 aromatic carbocycles. The van der Waals surface area contributed by atoms with E-state index in [2.05, 4.69) is 5.32 Å². The molecule has 1 saturated carbocycles. The smallest absolute Gasteiger partial charge is 0.330 e. The number of carboxylic acid groups (broad SMARTS) is 1. The molecule has 0 aromatic heterocycles. The summed E-state index contributed by atoms with van der Waals surface area (Å²) in [7, 11) is 0. The van der Waals surface area contributed by atoms with Gasteiger partial charge in [0.2, 0.25) is 5.91 Å². The molecule has 0 spiro atoms. The van der Waals surface area contributed by atoms with Crippen LogP contribution in [0.2, 0.25) is 0 Å². The molecule has 1 amide bonds. The van der Waals surface area contributed by atoms with E-state index < -0.39 is 18.1 Å². The fourth-order valence-corrected chi connectivity index (χ4v) is 3.19. The number of carboxylic acids is 1. The van der Waals surface area contributed by atoms with Crippen LogP contribution in [0.1, 0.15) is 61.8 Å². The maximum Gasteiger partial charge on any atom is 0.330 e. The molecule has 1 aromatic rings. The van der Waals surface area contributed by atoms with Crippen LogP contribution in [0.25, 0.3) is 0 Å². The van der Waals surface area contributed by atoms with Gasteiger partial charge in [0.15, 0.2) is 6.04 Å². The molecule has 5 heteroatoms. The quantitative estimate of drug-likeness (QED) is 0.803. The zero-order chi connectivity index (χ0) is 17.7. The Morgan fingerprint density at radius 1 is 1.29 bits per heavy atom. The Morgan fingerprint density at radius 2 is 1.96 bits per heavy atom. The van der Waals surface area contributed by atoms with E-state index in [1.807, 2.05) is 32.9 Å². The van der Waals surface area contributed by atoms with Crippen LogP contribution in [0.4, 0.5) is 0 Å². The summed E-state index contributed by atoms with van der Waals surface area (Å²) in [6.45, 7) is 5.68. The highest BCUT2D eigenvalue weighted by Crippen LogP contribution is 2.24. The van der Waals surface area contributed by atoms with Crippen molar-refractivity contribution in [2.24, 2.45) is 0 Å². The highest BCUT2D eigenvalue weighted by Gasteiger charge is 2.29. The van der Waals surface area contributed by atoms with Crippen LogP contribution in [0, 0.1) is 13.8 Å². The first kappa shape index (κ1) is 18.5. The number of ether oxygens (including phenoxy) is 1. The van der Waals surface area contributed by atoms with Crippen molar-refractivity contribution in [1.82, 2.24) is 5.32 Å². The van der Waals surface area contributed by atoms with Crippen molar-refractivity contribution < 1.29 is 19.4 Å². The summed E-state index contributed by atoms with van der Waals surface area (Å²) in [5.74, 6) is -1.41. The molecule has 132 valence electrons. The van der Waals surface area contributed by atoms with Crippen molar-refractivity contribution in [3.05, 3.63) is 34.9 Å². The largest absolute Gasteiger partial charge is 0.479 e. The first-order valence-electron chi connectivity index (χ1n) is 8.68. The second-order valence-electron chi connectivity index (χ2n) is 6.51. The third kappa shape index (κ3) is 4.35. The summed E-state index contributed by atoms with van der Waals surface area (Å²) in [5, 5.41) is 12.2. The minimum atomic E-state index is -1.06. The van der Waals surface area contributed by atoms with Crippen molar-refractivity contribution in [3.8, 4) is 0 Å². The lowest BCUT2D eigenvalue weighted by molar-refractivity contribution is -0.146. The molecule has 0 saturated heterocycles. The molecule has 0 bridgehead atoms. The van der Waals surface area contributed by atoms with Crippen LogP contribution in [0.15, 0.2) is 18.2 Å². The summed E-state index contributed by atoms with van der Waals surface area (Å²) >= 11 is 0. The average molecular weight is 333 g/mol. The van der Waals surface area contributed by atoms with Gasteiger partial charge in [-0.3, -0.25) is 4.79 Å². The monoisotopic (exact) mass is 333 g/mol. The third-order valence-corrected chi connectivity index (χ3v) is 4.81. The number of carbonyl (C=O) groups excluding carboxylic acids is 1. The molecule has 0 heterocycles. The molecule has 0 radical (unpaired) electrons. The summed E-state index contributed by atoms with van der Waals surface area (Å²) in [5.41, 5.74) is 2.50. The summed E-state index contributed by atoms with van der Waals surface area (Å²) < 4.78 is 5.89. The number of amides is 1. The van der Waals surface area contributed by atoms with Crippen LogP contribution in [-0.4, -0.2) is 29.2 Å². The van der Waals surface area contributed by atoms with Gasteiger partial charge in [-0.25, -0.2) is 4.79 Å². The molecule has 2 unspecified atom stereocenters. The Morgan fingerprint density at radius 3 is 2.54 bits per heavy atom. The van der Waals surface area contributed by atoms with Crippen LogP contribution >= 0.6 is 0 Å². The Balaban J connectivity index is 2.12. The van der Waals surface area contributed by atoms with E-state index in [0.717, 1.165) is 36.8 Å². The fraction of sp³-hybridized carbons (Fsp3) is 0.579. The zero-order valence-electron chi connectivity index (χ0n) is 14.7. The van der Waals surface area contributed by atoms with E-state index in [0.29, 0.717) is 12.0 Å². The van der Waals surface area contributed by atoms with E-state index in [1.165, 1.54) is 0 Å². The van der Waals surface area contributed by atoms with Gasteiger partial charge in [0, 0.05) is 0 Å². The predicted octanol–water partition coefficient (Wildman–Crippen LogP) is 3.28. The van der Waals surface area contributed by atoms with Crippen LogP contribution < -0.4 is 5.32 Å². The summed E-state index contributed by atoms with van der Waals surface area (Å²) in [6, 6.07) is 4.43. The van der Waals surface area contributed by atoms with E-state index in [-0.39, 0.29) is 12.0 Å². The summed E-state index contributed by atoms with van der Waals surface area (Å²) in [4.78, 5) is 24.2. The number of aryl methyl sites for hydroxylation is 1. The molecule has 0 aliphatic heterocycles. The number of hydrogen-bond acceptors (Lipinski definition) is 3. The minimum absolute atomic E-state index is 0.115. The number of aliphatic carboxylic acids is 1. The molecule has 1 aliphatic rings. The number of benzene rings is 1. The Labute approximate surface area is 143 Å². The topological polar surface area (TPSA) is 75.6 Å². The van der Waals surface area contributed by atoms with Gasteiger partial charge < -0.3 is 15.2 Å². The SMILES string of the molecule is CCC(OC1CCCC1)C(=O)NC(C(=O)O)c1cccc(C)c1C. The molecule has 1 aliphatic carbocycles. The van der Waals surface area contributed by atoms with Gasteiger partial charge in [-0.05, 0) is 49.8 Å². The van der Waals surface area contributed by atoms with Crippen LogP contribution in [0.5, 0.6) is 0 Å². The van der Waals surface area contributed by atoms with Gasteiger partial charge in [-0.1, -0.05) is 38.0 Å². The second kappa shape index (κ2) is 8.29. The Hall–Kier alpha value is -1.88. The lowest BCUT2D eigenvalue weighted by atomic mass is 9.97.